The lowest BCUT2D eigenvalue weighted by Crippen LogP contribution is -2.56. The summed E-state index contributed by atoms with van der Waals surface area (Å²) in [4.78, 5) is 23.4. The lowest BCUT2D eigenvalue weighted by Gasteiger charge is -2.47. The number of anilines is 5. The van der Waals surface area contributed by atoms with E-state index in [0.29, 0.717) is 30.3 Å². The monoisotopic (exact) mass is 664 g/mol. The molecular weight excluding hydrogens is 627 g/mol. The number of aliphatic hydroxyl groups excluding tert-OH is 1. The van der Waals surface area contributed by atoms with Gasteiger partial charge in [0.2, 0.25) is 5.95 Å². The van der Waals surface area contributed by atoms with Crippen molar-refractivity contribution < 1.29 is 9.84 Å². The van der Waals surface area contributed by atoms with Gasteiger partial charge in [-0.25, -0.2) is 4.98 Å². The number of rotatable bonds is 9. The summed E-state index contributed by atoms with van der Waals surface area (Å²) >= 11 is 3.62. The van der Waals surface area contributed by atoms with Crippen LogP contribution in [0.15, 0.2) is 47.3 Å². The van der Waals surface area contributed by atoms with Crippen molar-refractivity contribution in [1.29, 1.82) is 0 Å². The van der Waals surface area contributed by atoms with Crippen LogP contribution in [0.4, 0.5) is 28.8 Å². The minimum atomic E-state index is -0.467. The Hall–Kier alpha value is -3.11. The molecule has 0 bridgehead atoms. The van der Waals surface area contributed by atoms with E-state index in [1.165, 1.54) is 11.3 Å². The van der Waals surface area contributed by atoms with Crippen molar-refractivity contribution in [2.75, 3.05) is 68.8 Å². The van der Waals surface area contributed by atoms with Crippen LogP contribution < -0.4 is 25.6 Å². The summed E-state index contributed by atoms with van der Waals surface area (Å²) in [5.74, 6) is 2.32. The number of methoxy groups -OCH3 is 1. The summed E-state index contributed by atoms with van der Waals surface area (Å²) in [5.41, 5.74) is 5.92. The van der Waals surface area contributed by atoms with Crippen LogP contribution in [0.5, 0.6) is 5.75 Å². The molecule has 6 rings (SSSR count). The Morgan fingerprint density at radius 3 is 2.53 bits per heavy atom. The highest BCUT2D eigenvalue weighted by Crippen LogP contribution is 2.38. The van der Waals surface area contributed by atoms with Gasteiger partial charge in [-0.15, -0.1) is 0 Å². The minimum absolute atomic E-state index is 0.303. The first-order valence-electron chi connectivity index (χ1n) is 14.6. The van der Waals surface area contributed by atoms with Gasteiger partial charge in [0.05, 0.1) is 28.3 Å². The fourth-order valence-corrected chi connectivity index (χ4v) is 7.62. The van der Waals surface area contributed by atoms with Crippen LogP contribution in [0.1, 0.15) is 18.4 Å². The molecule has 0 amide bonds. The molecule has 0 atom stereocenters. The van der Waals surface area contributed by atoms with Gasteiger partial charge in [-0.2, -0.15) is 4.98 Å². The molecule has 2 fully saturated rings. The maximum atomic E-state index is 9.37. The highest BCUT2D eigenvalue weighted by Gasteiger charge is 2.34. The van der Waals surface area contributed by atoms with E-state index in [4.69, 9.17) is 9.72 Å². The molecule has 10 nitrogen and oxygen atoms in total. The Kier molecular flexibility index (Phi) is 8.95. The van der Waals surface area contributed by atoms with Crippen molar-refractivity contribution >= 4 is 69.0 Å². The second-order valence-electron chi connectivity index (χ2n) is 11.5. The van der Waals surface area contributed by atoms with Gasteiger partial charge in [0.15, 0.2) is 0 Å². The van der Waals surface area contributed by atoms with Crippen LogP contribution in [-0.4, -0.2) is 89.2 Å². The molecule has 0 aliphatic carbocycles. The molecule has 2 aromatic carbocycles. The van der Waals surface area contributed by atoms with Crippen LogP contribution in [0.3, 0.4) is 0 Å². The fraction of sp³-hybridized carbons (Fsp3) is 0.419. The lowest BCUT2D eigenvalue weighted by atomic mass is 9.93. The van der Waals surface area contributed by atoms with E-state index < -0.39 is 7.92 Å². The normalized spacial score (nSPS) is 16.5. The summed E-state index contributed by atoms with van der Waals surface area (Å²) < 4.78 is 6.59. The Bertz CT molecular complexity index is 1610. The number of hydrogen-bond donors (Lipinski definition) is 3. The number of hydrogen-bond acceptors (Lipinski definition) is 10. The average molecular weight is 666 g/mol. The van der Waals surface area contributed by atoms with Crippen LogP contribution in [-0.2, 0) is 0 Å². The third-order valence-electron chi connectivity index (χ3n) is 8.39. The number of nitrogens with one attached hydrogen (secondary N) is 2. The number of aryl methyl sites for hydroxylation is 1. The van der Waals surface area contributed by atoms with Crippen LogP contribution in [0, 0.1) is 12.8 Å². The van der Waals surface area contributed by atoms with Gasteiger partial charge in [-0.1, -0.05) is 7.92 Å². The molecule has 226 valence electrons. The van der Waals surface area contributed by atoms with E-state index >= 15 is 0 Å². The van der Waals surface area contributed by atoms with E-state index in [2.05, 4.69) is 83.7 Å². The van der Waals surface area contributed by atoms with E-state index in [0.717, 1.165) is 77.0 Å². The first kappa shape index (κ1) is 29.9. The van der Waals surface area contributed by atoms with Gasteiger partial charge in [-0.3, -0.25) is 14.9 Å². The van der Waals surface area contributed by atoms with Crippen LogP contribution in [0.25, 0.3) is 11.0 Å². The van der Waals surface area contributed by atoms with Crippen LogP contribution in [0.2, 0.25) is 0 Å². The van der Waals surface area contributed by atoms with Crippen molar-refractivity contribution in [3.8, 4) is 5.75 Å². The van der Waals surface area contributed by atoms with Gasteiger partial charge in [-0.05, 0) is 72.8 Å². The van der Waals surface area contributed by atoms with Gasteiger partial charge in [0, 0.05) is 86.1 Å². The number of aliphatic hydroxyl groups is 1. The lowest BCUT2D eigenvalue weighted by molar-refractivity contribution is 0.0116. The maximum absolute atomic E-state index is 9.37. The van der Waals surface area contributed by atoms with E-state index in [1.807, 2.05) is 12.1 Å². The number of piperidine rings is 1. The standard InChI is InChI=1S/C31H38BrN8O2P/c1-19-13-25(27(42-2)14-26(19)39-11-7-21(8-12-39)40-16-20(17-40)18-41)37-31-35-15-22(32)30(38-31)36-24-6-5-23-28(29(24)43(3)4)34-10-9-33-23/h5-6,9-10,13-15,20-21,41H,7-8,11-12,16-18H2,1-4H3,(H2,35,36,37,38). The molecular formula is C31H38BrN8O2P. The predicted molar refractivity (Wildman–Crippen MR) is 179 cm³/mol. The zero-order valence-electron chi connectivity index (χ0n) is 25.0. The smallest absolute Gasteiger partial charge is 0.229 e. The van der Waals surface area contributed by atoms with Crippen molar-refractivity contribution in [3.63, 3.8) is 0 Å². The third kappa shape index (κ3) is 6.27. The first-order valence-corrected chi connectivity index (χ1v) is 17.6. The molecule has 2 aliphatic rings. The Labute approximate surface area is 262 Å². The Morgan fingerprint density at radius 1 is 1.05 bits per heavy atom. The molecule has 0 spiro atoms. The highest BCUT2D eigenvalue weighted by molar-refractivity contribution is 9.10. The van der Waals surface area contributed by atoms with Crippen molar-refractivity contribution in [1.82, 2.24) is 24.8 Å². The number of likely N-dealkylation sites (tertiary alicyclic amines) is 1. The third-order valence-corrected chi connectivity index (χ3v) is 10.3. The molecule has 0 unspecified atom stereocenters. The van der Waals surface area contributed by atoms with Gasteiger partial charge >= 0.3 is 0 Å². The van der Waals surface area contributed by atoms with Crippen molar-refractivity contribution in [3.05, 3.63) is 52.9 Å². The van der Waals surface area contributed by atoms with Crippen molar-refractivity contribution in [2.24, 2.45) is 5.92 Å². The predicted octanol–water partition coefficient (Wildman–Crippen LogP) is 5.25. The zero-order valence-corrected chi connectivity index (χ0v) is 27.5. The number of ether oxygens (including phenoxy) is 1. The molecule has 0 radical (unpaired) electrons. The topological polar surface area (TPSA) is 112 Å². The van der Waals surface area contributed by atoms with Gasteiger partial charge in [0.1, 0.15) is 11.6 Å². The summed E-state index contributed by atoms with van der Waals surface area (Å²) in [7, 11) is 1.23. The van der Waals surface area contributed by atoms with E-state index in [-0.39, 0.29) is 0 Å². The highest BCUT2D eigenvalue weighted by atomic mass is 79.9. The molecule has 2 aliphatic heterocycles. The second-order valence-corrected chi connectivity index (χ2v) is 14.6. The molecule has 43 heavy (non-hydrogen) atoms. The number of aromatic nitrogens is 4. The molecule has 0 saturated carbocycles. The van der Waals surface area contributed by atoms with Gasteiger partial charge in [0.25, 0.3) is 0 Å². The van der Waals surface area contributed by atoms with Gasteiger partial charge < -0.3 is 25.4 Å². The maximum Gasteiger partial charge on any atom is 0.229 e. The summed E-state index contributed by atoms with van der Waals surface area (Å²) in [6.07, 6.45) is 7.47. The molecule has 12 heteroatoms. The average Bonchev–Trinajstić information content (AvgIpc) is 2.98. The van der Waals surface area contributed by atoms with E-state index in [1.54, 1.807) is 25.7 Å². The summed E-state index contributed by atoms with van der Waals surface area (Å²) in [6, 6.07) is 8.87. The number of fused-ring (bicyclic) bond motifs is 1. The Morgan fingerprint density at radius 2 is 1.81 bits per heavy atom. The summed E-state index contributed by atoms with van der Waals surface area (Å²) in [6.45, 7) is 10.9. The molecule has 4 heterocycles. The first-order chi connectivity index (χ1) is 20.8. The summed E-state index contributed by atoms with van der Waals surface area (Å²) in [5, 5.41) is 17.4. The van der Waals surface area contributed by atoms with E-state index in [9.17, 15) is 5.11 Å². The van der Waals surface area contributed by atoms with Crippen LogP contribution >= 0.6 is 23.9 Å². The zero-order chi connectivity index (χ0) is 30.1. The molecule has 2 saturated heterocycles. The quantitative estimate of drug-likeness (QED) is 0.205. The Balaban J connectivity index is 1.20. The number of halogens is 1. The largest absolute Gasteiger partial charge is 0.494 e. The molecule has 3 N–H and O–H groups in total. The fourth-order valence-electron chi connectivity index (χ4n) is 6.12. The second kappa shape index (κ2) is 12.9. The number of benzene rings is 2. The SMILES string of the molecule is COc1cc(N2CCC(N3CC(CO)C3)CC2)c(C)cc1Nc1ncc(Br)c(Nc2ccc3nccnc3c2P(C)C)n1. The molecule has 2 aromatic heterocycles. The molecule has 4 aromatic rings. The minimum Gasteiger partial charge on any atom is -0.494 e. The van der Waals surface area contributed by atoms with Crippen molar-refractivity contribution in [2.45, 2.75) is 25.8 Å². The number of nitrogens with zero attached hydrogens (tertiary/aromatic N) is 6.